The van der Waals surface area contributed by atoms with Crippen LogP contribution in [0.4, 0.5) is 13.2 Å². The van der Waals surface area contributed by atoms with E-state index in [1.54, 1.807) is 0 Å². The van der Waals surface area contributed by atoms with E-state index in [1.165, 1.54) is 0 Å². The maximum atomic E-state index is 12.7. The fourth-order valence-electron chi connectivity index (χ4n) is 3.67. The molecule has 0 unspecified atom stereocenters. The summed E-state index contributed by atoms with van der Waals surface area (Å²) < 4.78 is 38.2. The van der Waals surface area contributed by atoms with E-state index in [9.17, 15) is 23.1 Å². The van der Waals surface area contributed by atoms with Crippen molar-refractivity contribution < 1.29 is 23.1 Å². The van der Waals surface area contributed by atoms with Crippen molar-refractivity contribution in [3.8, 4) is 0 Å². The molecule has 0 radical (unpaired) electrons. The van der Waals surface area contributed by atoms with Gasteiger partial charge in [0.2, 0.25) is 0 Å². The average Bonchev–Trinajstić information content (AvgIpc) is 2.66. The molecule has 2 aliphatic rings. The molecular formula is C15H24F3NO2. The number of carbonyl (C=O) groups is 1. The van der Waals surface area contributed by atoms with Crippen LogP contribution in [0.3, 0.4) is 0 Å². The average molecular weight is 307 g/mol. The first-order valence-electron chi connectivity index (χ1n) is 7.91. The van der Waals surface area contributed by atoms with Crippen LogP contribution in [0.2, 0.25) is 0 Å². The molecule has 122 valence electrons. The molecule has 0 heterocycles. The molecule has 2 saturated carbocycles. The van der Waals surface area contributed by atoms with Crippen LogP contribution in [0.15, 0.2) is 0 Å². The predicted octanol–water partition coefficient (Wildman–Crippen LogP) is 3.87. The van der Waals surface area contributed by atoms with Crippen molar-refractivity contribution in [2.75, 3.05) is 0 Å². The van der Waals surface area contributed by atoms with Crippen LogP contribution < -0.4 is 5.32 Å². The van der Waals surface area contributed by atoms with Crippen molar-refractivity contribution in [2.45, 2.75) is 82.0 Å². The third kappa shape index (κ3) is 4.11. The van der Waals surface area contributed by atoms with Gasteiger partial charge in [-0.2, -0.15) is 13.2 Å². The molecule has 2 fully saturated rings. The Bertz CT molecular complexity index is 354. The van der Waals surface area contributed by atoms with Gasteiger partial charge in [0.05, 0.1) is 5.92 Å². The second kappa shape index (κ2) is 6.55. The SMILES string of the molecule is O=C(O)C1(NC2CCCCCC2)CCC(C(F)(F)F)CC1. The van der Waals surface area contributed by atoms with Crippen LogP contribution in [0.5, 0.6) is 0 Å². The van der Waals surface area contributed by atoms with Crippen LogP contribution in [-0.4, -0.2) is 28.8 Å². The molecule has 2 rings (SSSR count). The lowest BCUT2D eigenvalue weighted by Crippen LogP contribution is -2.58. The number of aliphatic carboxylic acids is 1. The fourth-order valence-corrected chi connectivity index (χ4v) is 3.67. The third-order valence-electron chi connectivity index (χ3n) is 5.05. The zero-order chi connectivity index (χ0) is 15.5. The van der Waals surface area contributed by atoms with Crippen molar-refractivity contribution in [3.05, 3.63) is 0 Å². The minimum Gasteiger partial charge on any atom is -0.480 e. The van der Waals surface area contributed by atoms with Gasteiger partial charge in [0, 0.05) is 6.04 Å². The second-order valence-electron chi connectivity index (χ2n) is 6.54. The fraction of sp³-hybridized carbons (Fsp3) is 0.933. The minimum atomic E-state index is -4.20. The molecular weight excluding hydrogens is 283 g/mol. The number of alkyl halides is 3. The van der Waals surface area contributed by atoms with Crippen LogP contribution >= 0.6 is 0 Å². The number of nitrogens with one attached hydrogen (secondary N) is 1. The Labute approximate surface area is 123 Å². The van der Waals surface area contributed by atoms with E-state index in [4.69, 9.17) is 0 Å². The van der Waals surface area contributed by atoms with Gasteiger partial charge in [0.1, 0.15) is 5.54 Å². The molecule has 6 heteroatoms. The summed E-state index contributed by atoms with van der Waals surface area (Å²) in [5.74, 6) is -2.34. The molecule has 0 spiro atoms. The standard InChI is InChI=1S/C15H24F3NO2/c16-15(17,18)11-7-9-14(10-8-11,13(20)21)19-12-5-3-1-2-4-6-12/h11-12,19H,1-10H2,(H,20,21). The van der Waals surface area contributed by atoms with Crippen molar-refractivity contribution in [1.29, 1.82) is 0 Å². The summed E-state index contributed by atoms with van der Waals surface area (Å²) in [7, 11) is 0. The lowest BCUT2D eigenvalue weighted by Gasteiger charge is -2.40. The first-order valence-corrected chi connectivity index (χ1v) is 7.91. The highest BCUT2D eigenvalue weighted by molar-refractivity contribution is 5.79. The largest absolute Gasteiger partial charge is 0.480 e. The van der Waals surface area contributed by atoms with Gasteiger partial charge in [-0.05, 0) is 38.5 Å². The maximum absolute atomic E-state index is 12.7. The first kappa shape index (κ1) is 16.6. The van der Waals surface area contributed by atoms with Gasteiger partial charge in [-0.3, -0.25) is 10.1 Å². The van der Waals surface area contributed by atoms with E-state index in [0.717, 1.165) is 38.5 Å². The van der Waals surface area contributed by atoms with Crippen molar-refractivity contribution in [3.63, 3.8) is 0 Å². The molecule has 0 atom stereocenters. The Morgan fingerprint density at radius 3 is 1.95 bits per heavy atom. The van der Waals surface area contributed by atoms with Crippen molar-refractivity contribution in [1.82, 2.24) is 5.32 Å². The molecule has 0 saturated heterocycles. The Balaban J connectivity index is 2.00. The molecule has 0 aromatic carbocycles. The van der Waals surface area contributed by atoms with E-state index >= 15 is 0 Å². The number of hydrogen-bond acceptors (Lipinski definition) is 2. The molecule has 3 nitrogen and oxygen atoms in total. The van der Waals surface area contributed by atoms with E-state index < -0.39 is 23.6 Å². The summed E-state index contributed by atoms with van der Waals surface area (Å²) in [6.07, 6.45) is 2.08. The molecule has 0 aliphatic heterocycles. The monoisotopic (exact) mass is 307 g/mol. The highest BCUT2D eigenvalue weighted by Crippen LogP contribution is 2.41. The zero-order valence-corrected chi connectivity index (χ0v) is 12.2. The summed E-state index contributed by atoms with van der Waals surface area (Å²) in [6, 6.07) is 0.131. The summed E-state index contributed by atoms with van der Waals surface area (Å²) in [5.41, 5.74) is -1.16. The van der Waals surface area contributed by atoms with E-state index in [0.29, 0.717) is 0 Å². The van der Waals surface area contributed by atoms with Crippen LogP contribution in [-0.2, 0) is 4.79 Å². The topological polar surface area (TPSA) is 49.3 Å². The predicted molar refractivity (Wildman–Crippen MR) is 73.0 cm³/mol. The first-order chi connectivity index (χ1) is 9.83. The lowest BCUT2D eigenvalue weighted by molar-refractivity contribution is -0.188. The van der Waals surface area contributed by atoms with E-state index in [1.807, 2.05) is 0 Å². The third-order valence-corrected chi connectivity index (χ3v) is 5.05. The Morgan fingerprint density at radius 1 is 1.00 bits per heavy atom. The summed E-state index contributed by atoms with van der Waals surface area (Å²) in [6.45, 7) is 0. The van der Waals surface area contributed by atoms with E-state index in [-0.39, 0.29) is 31.7 Å². The molecule has 0 amide bonds. The van der Waals surface area contributed by atoms with Crippen molar-refractivity contribution >= 4 is 5.97 Å². The van der Waals surface area contributed by atoms with Gasteiger partial charge in [0.15, 0.2) is 0 Å². The summed E-state index contributed by atoms with van der Waals surface area (Å²) in [4.78, 5) is 11.6. The molecule has 2 N–H and O–H groups in total. The van der Waals surface area contributed by atoms with E-state index in [2.05, 4.69) is 5.32 Å². The van der Waals surface area contributed by atoms with Crippen LogP contribution in [0.1, 0.15) is 64.2 Å². The number of rotatable bonds is 3. The molecule has 0 aromatic heterocycles. The van der Waals surface area contributed by atoms with Crippen LogP contribution in [0.25, 0.3) is 0 Å². The van der Waals surface area contributed by atoms with Crippen molar-refractivity contribution in [2.24, 2.45) is 5.92 Å². The van der Waals surface area contributed by atoms with Gasteiger partial charge in [-0.1, -0.05) is 25.7 Å². The highest BCUT2D eigenvalue weighted by atomic mass is 19.4. The Kier molecular flexibility index (Phi) is 5.17. The normalized spacial score (nSPS) is 32.6. The quantitative estimate of drug-likeness (QED) is 0.778. The molecule has 0 bridgehead atoms. The smallest absolute Gasteiger partial charge is 0.391 e. The van der Waals surface area contributed by atoms with Gasteiger partial charge >= 0.3 is 12.1 Å². The van der Waals surface area contributed by atoms with Gasteiger partial charge < -0.3 is 5.11 Å². The number of halogens is 3. The Hall–Kier alpha value is -0.780. The number of carboxylic acids is 1. The van der Waals surface area contributed by atoms with Gasteiger partial charge in [-0.25, -0.2) is 0 Å². The van der Waals surface area contributed by atoms with Crippen LogP contribution in [0, 0.1) is 5.92 Å². The minimum absolute atomic E-state index is 0.0724. The molecule has 21 heavy (non-hydrogen) atoms. The maximum Gasteiger partial charge on any atom is 0.391 e. The van der Waals surface area contributed by atoms with Gasteiger partial charge in [0.25, 0.3) is 0 Å². The molecule has 0 aromatic rings. The zero-order valence-electron chi connectivity index (χ0n) is 12.2. The molecule has 2 aliphatic carbocycles. The number of hydrogen-bond donors (Lipinski definition) is 2. The summed E-state index contributed by atoms with van der Waals surface area (Å²) >= 11 is 0. The number of carboxylic acid groups (broad SMARTS) is 1. The Morgan fingerprint density at radius 2 is 1.52 bits per heavy atom. The highest BCUT2D eigenvalue weighted by Gasteiger charge is 2.49. The second-order valence-corrected chi connectivity index (χ2v) is 6.54. The van der Waals surface area contributed by atoms with Gasteiger partial charge in [-0.15, -0.1) is 0 Å². The lowest BCUT2D eigenvalue weighted by atomic mass is 9.75. The summed E-state index contributed by atoms with van der Waals surface area (Å²) in [5, 5.41) is 12.8.